The molecule has 8 nitrogen and oxygen atoms in total. The van der Waals surface area contributed by atoms with Gasteiger partial charge in [0.15, 0.2) is 0 Å². The Kier molecular flexibility index (Phi) is 9.26. The summed E-state index contributed by atoms with van der Waals surface area (Å²) in [7, 11) is 0. The highest BCUT2D eigenvalue weighted by molar-refractivity contribution is 5.71. The normalized spacial score (nSPS) is 17.0. The molecule has 230 valence electrons. The minimum Gasteiger partial charge on any atom is -0.493 e. The molecular weight excluding hydrogens is 569 g/mol. The molecule has 2 heterocycles. The van der Waals surface area contributed by atoms with Gasteiger partial charge in [-0.25, -0.2) is 4.79 Å². The molecule has 0 spiro atoms. The van der Waals surface area contributed by atoms with E-state index in [1.807, 2.05) is 12.1 Å². The van der Waals surface area contributed by atoms with Crippen LogP contribution >= 0.6 is 0 Å². The number of aliphatic hydroxyl groups is 1. The lowest BCUT2D eigenvalue weighted by atomic mass is 9.88. The van der Waals surface area contributed by atoms with Crippen LogP contribution in [-0.4, -0.2) is 63.9 Å². The molecule has 0 bridgehead atoms. The molecule has 5 rings (SSSR count). The first-order chi connectivity index (χ1) is 20.7. The number of carbonyl (C=O) groups is 1. The van der Waals surface area contributed by atoms with E-state index in [0.717, 1.165) is 11.6 Å². The van der Waals surface area contributed by atoms with E-state index in [9.17, 15) is 23.1 Å². The van der Waals surface area contributed by atoms with E-state index in [2.05, 4.69) is 0 Å². The first kappa shape index (κ1) is 30.8. The summed E-state index contributed by atoms with van der Waals surface area (Å²) in [6.07, 6.45) is -4.61. The quantitative estimate of drug-likeness (QED) is 0.269. The second-order valence-corrected chi connectivity index (χ2v) is 10.7. The molecule has 2 fully saturated rings. The van der Waals surface area contributed by atoms with E-state index < -0.39 is 28.7 Å². The second-order valence-electron chi connectivity index (χ2n) is 10.7. The monoisotopic (exact) mass is 602 g/mol. The fourth-order valence-electron chi connectivity index (χ4n) is 4.82. The van der Waals surface area contributed by atoms with Gasteiger partial charge in [-0.05, 0) is 59.5 Å². The largest absolute Gasteiger partial charge is 0.493 e. The van der Waals surface area contributed by atoms with Crippen LogP contribution in [0.1, 0.15) is 23.6 Å². The van der Waals surface area contributed by atoms with E-state index in [0.29, 0.717) is 43.3 Å². The first-order valence-corrected chi connectivity index (χ1v) is 13.9. The molecule has 1 N–H and O–H groups in total. The molecule has 0 radical (unpaired) electrons. The summed E-state index contributed by atoms with van der Waals surface area (Å²) in [6.45, 7) is 3.06. The van der Waals surface area contributed by atoms with Crippen molar-refractivity contribution in [2.24, 2.45) is 5.41 Å². The molecule has 0 aromatic heterocycles. The van der Waals surface area contributed by atoms with Crippen LogP contribution < -0.4 is 9.47 Å². The number of alkyl halides is 3. The van der Waals surface area contributed by atoms with Crippen molar-refractivity contribution in [3.8, 4) is 22.6 Å². The van der Waals surface area contributed by atoms with Crippen molar-refractivity contribution in [1.82, 2.24) is 0 Å². The van der Waals surface area contributed by atoms with Gasteiger partial charge >= 0.3 is 12.1 Å². The van der Waals surface area contributed by atoms with Crippen LogP contribution in [0, 0.1) is 5.41 Å². The summed E-state index contributed by atoms with van der Waals surface area (Å²) in [4.78, 5) is 11.7. The molecule has 0 atom stereocenters. The molecule has 11 heteroatoms. The Morgan fingerprint density at radius 2 is 1.65 bits per heavy atom. The molecule has 43 heavy (non-hydrogen) atoms. The van der Waals surface area contributed by atoms with Crippen molar-refractivity contribution >= 4 is 5.97 Å². The number of carbonyl (C=O) groups excluding carboxylic acids is 1. The molecule has 3 aromatic rings. The van der Waals surface area contributed by atoms with E-state index in [4.69, 9.17) is 28.4 Å². The van der Waals surface area contributed by atoms with Crippen molar-refractivity contribution in [2.45, 2.75) is 25.3 Å². The van der Waals surface area contributed by atoms with E-state index in [1.54, 1.807) is 43.3 Å². The molecule has 0 amide bonds. The molecular formula is C32H33F3O8. The minimum absolute atomic E-state index is 0.0192. The summed E-state index contributed by atoms with van der Waals surface area (Å²) in [5.41, 5.74) is -0.214. The lowest BCUT2D eigenvalue weighted by molar-refractivity contribution is -0.221. The first-order valence-electron chi connectivity index (χ1n) is 13.9. The average molecular weight is 603 g/mol. The molecule has 0 saturated carbocycles. The zero-order valence-electron chi connectivity index (χ0n) is 23.7. The highest BCUT2D eigenvalue weighted by Crippen LogP contribution is 2.40. The van der Waals surface area contributed by atoms with Crippen molar-refractivity contribution in [3.63, 3.8) is 0 Å². The SMILES string of the molecule is CCOC(=O)COC1(c2ccc(OCc3cccc(-c4ccc(OCC5(CO)COC5)cc4C(F)(F)F)c3)cc2)COC1. The van der Waals surface area contributed by atoms with Gasteiger partial charge in [0.1, 0.15) is 36.9 Å². The number of hydrogen-bond acceptors (Lipinski definition) is 8. The third-order valence-corrected chi connectivity index (χ3v) is 7.46. The molecule has 0 unspecified atom stereocenters. The van der Waals surface area contributed by atoms with E-state index in [-0.39, 0.29) is 44.3 Å². The van der Waals surface area contributed by atoms with Crippen LogP contribution in [0.25, 0.3) is 11.1 Å². The molecule has 3 aromatic carbocycles. The highest BCUT2D eigenvalue weighted by Gasteiger charge is 2.42. The molecule has 2 aliphatic rings. The Balaban J connectivity index is 1.25. The maximum Gasteiger partial charge on any atom is 0.417 e. The maximum atomic E-state index is 14.1. The Labute approximate surface area is 247 Å². The van der Waals surface area contributed by atoms with Crippen LogP contribution in [-0.2, 0) is 42.1 Å². The molecule has 0 aliphatic carbocycles. The van der Waals surface area contributed by atoms with E-state index in [1.165, 1.54) is 12.1 Å². The molecule has 2 saturated heterocycles. The summed E-state index contributed by atoms with van der Waals surface area (Å²) >= 11 is 0. The number of rotatable bonds is 13. The van der Waals surface area contributed by atoms with Gasteiger partial charge < -0.3 is 33.5 Å². The number of esters is 1. The smallest absolute Gasteiger partial charge is 0.417 e. The Hall–Kier alpha value is -3.64. The predicted octanol–water partition coefficient (Wildman–Crippen LogP) is 5.14. The predicted molar refractivity (Wildman–Crippen MR) is 149 cm³/mol. The van der Waals surface area contributed by atoms with Gasteiger partial charge in [0.05, 0.1) is 50.6 Å². The van der Waals surface area contributed by atoms with Crippen LogP contribution in [0.5, 0.6) is 11.5 Å². The maximum absolute atomic E-state index is 14.1. The van der Waals surface area contributed by atoms with Gasteiger partial charge in [-0.1, -0.05) is 36.4 Å². The van der Waals surface area contributed by atoms with E-state index >= 15 is 0 Å². The average Bonchev–Trinajstić information content (AvgIpc) is 2.95. The molecule has 2 aliphatic heterocycles. The number of aliphatic hydroxyl groups excluding tert-OH is 1. The lowest BCUT2D eigenvalue weighted by Gasteiger charge is -2.41. The summed E-state index contributed by atoms with van der Waals surface area (Å²) in [6, 6.07) is 17.8. The fourth-order valence-corrected chi connectivity index (χ4v) is 4.82. The van der Waals surface area contributed by atoms with Gasteiger partial charge in [0, 0.05) is 0 Å². The van der Waals surface area contributed by atoms with Crippen LogP contribution in [0.4, 0.5) is 13.2 Å². The topological polar surface area (TPSA) is 92.7 Å². The summed E-state index contributed by atoms with van der Waals surface area (Å²) in [5, 5.41) is 9.57. The van der Waals surface area contributed by atoms with Gasteiger partial charge in [0.2, 0.25) is 0 Å². The number of hydrogen-bond donors (Lipinski definition) is 1. The Morgan fingerprint density at radius 1 is 0.930 bits per heavy atom. The Bertz CT molecular complexity index is 1390. The number of benzene rings is 3. The van der Waals surface area contributed by atoms with Gasteiger partial charge in [-0.2, -0.15) is 13.2 Å². The zero-order chi connectivity index (χ0) is 30.5. The van der Waals surface area contributed by atoms with Crippen molar-refractivity contribution in [1.29, 1.82) is 0 Å². The highest BCUT2D eigenvalue weighted by atomic mass is 19.4. The van der Waals surface area contributed by atoms with Crippen molar-refractivity contribution in [2.75, 3.05) is 52.9 Å². The number of ether oxygens (including phenoxy) is 6. The van der Waals surface area contributed by atoms with Crippen molar-refractivity contribution in [3.05, 3.63) is 83.4 Å². The fraction of sp³-hybridized carbons (Fsp3) is 0.406. The minimum atomic E-state index is -4.61. The third-order valence-electron chi connectivity index (χ3n) is 7.46. The van der Waals surface area contributed by atoms with Gasteiger partial charge in [-0.15, -0.1) is 0 Å². The number of halogens is 3. The summed E-state index contributed by atoms with van der Waals surface area (Å²) in [5.74, 6) is 0.184. The third kappa shape index (κ3) is 7.13. The standard InChI is InChI=1S/C32H33F3O8/c1-2-40-29(37)15-43-31(20-39-21-31)24-6-8-25(9-7-24)41-14-22-4-3-5-23(12-22)27-11-10-26(13-28(27)32(33,34)35)42-19-30(16-36)17-38-18-30/h3-13,36H,2,14-21H2,1H3. The van der Waals surface area contributed by atoms with Gasteiger partial charge in [0.25, 0.3) is 0 Å². The Morgan fingerprint density at radius 3 is 2.26 bits per heavy atom. The van der Waals surface area contributed by atoms with Crippen LogP contribution in [0.15, 0.2) is 66.7 Å². The van der Waals surface area contributed by atoms with Crippen LogP contribution in [0.2, 0.25) is 0 Å². The van der Waals surface area contributed by atoms with Crippen LogP contribution in [0.3, 0.4) is 0 Å². The van der Waals surface area contributed by atoms with Gasteiger partial charge in [-0.3, -0.25) is 0 Å². The second kappa shape index (κ2) is 12.9. The lowest BCUT2D eigenvalue weighted by Crippen LogP contribution is -2.49. The summed E-state index contributed by atoms with van der Waals surface area (Å²) < 4.78 is 75.0. The van der Waals surface area contributed by atoms with Crippen molar-refractivity contribution < 1.29 is 51.5 Å². The zero-order valence-corrected chi connectivity index (χ0v) is 23.7.